The number of nitrogens with zero attached hydrogens (tertiary/aromatic N) is 2. The van der Waals surface area contributed by atoms with Crippen LogP contribution < -0.4 is 0 Å². The smallest absolute Gasteiger partial charge is 0.299 e. The van der Waals surface area contributed by atoms with Gasteiger partial charge in [-0.15, -0.1) is 0 Å². The molecule has 0 N–H and O–H groups in total. The molecule has 0 atom stereocenters. The van der Waals surface area contributed by atoms with E-state index in [-0.39, 0.29) is 5.41 Å². The summed E-state index contributed by atoms with van der Waals surface area (Å²) in [4.78, 5) is 2.05. The van der Waals surface area contributed by atoms with E-state index < -0.39 is 11.7 Å². The standard InChI is InChI=1S/C16H19F3N2.C2H6/c1-15(6-9-20)7-10-21(11-8-15)12-13-4-2-3-5-14(13)16(17,18)19;1-2/h2-5H,6-8,10-12H2,1H3;1-2H3. The van der Waals surface area contributed by atoms with Crippen LogP contribution in [0.4, 0.5) is 13.2 Å². The van der Waals surface area contributed by atoms with E-state index >= 15 is 0 Å². The number of alkyl halides is 3. The Hall–Kier alpha value is -1.54. The quantitative estimate of drug-likeness (QED) is 0.759. The molecule has 1 saturated heterocycles. The van der Waals surface area contributed by atoms with E-state index in [0.717, 1.165) is 32.0 Å². The highest BCUT2D eigenvalue weighted by Crippen LogP contribution is 2.36. The molecule has 0 radical (unpaired) electrons. The number of halogens is 3. The molecule has 1 fully saturated rings. The molecular formula is C18H25F3N2. The second-order valence-corrected chi connectivity index (χ2v) is 6.08. The fourth-order valence-electron chi connectivity index (χ4n) is 2.79. The summed E-state index contributed by atoms with van der Waals surface area (Å²) in [6.45, 7) is 7.88. The third-order valence-corrected chi connectivity index (χ3v) is 4.29. The van der Waals surface area contributed by atoms with Gasteiger partial charge in [-0.05, 0) is 43.0 Å². The van der Waals surface area contributed by atoms with Crippen molar-refractivity contribution in [2.24, 2.45) is 5.41 Å². The first-order valence-corrected chi connectivity index (χ1v) is 8.08. The first kappa shape index (κ1) is 19.5. The number of nitriles is 1. The molecule has 1 heterocycles. The van der Waals surface area contributed by atoms with Crippen molar-refractivity contribution in [3.63, 3.8) is 0 Å². The minimum Gasteiger partial charge on any atom is -0.299 e. The second-order valence-electron chi connectivity index (χ2n) is 6.08. The molecule has 0 spiro atoms. The van der Waals surface area contributed by atoms with Gasteiger partial charge in [-0.3, -0.25) is 4.90 Å². The molecule has 0 aromatic heterocycles. The van der Waals surface area contributed by atoms with Crippen molar-refractivity contribution in [1.29, 1.82) is 5.26 Å². The molecule has 0 bridgehead atoms. The number of hydrogen-bond donors (Lipinski definition) is 0. The molecule has 0 unspecified atom stereocenters. The average Bonchev–Trinajstić information content (AvgIpc) is 2.51. The Bertz CT molecular complexity index is 524. The summed E-state index contributed by atoms with van der Waals surface area (Å²) >= 11 is 0. The summed E-state index contributed by atoms with van der Waals surface area (Å²) in [5.41, 5.74) is -0.210. The molecule has 1 aliphatic heterocycles. The van der Waals surface area contributed by atoms with Crippen LogP contribution in [0, 0.1) is 16.7 Å². The van der Waals surface area contributed by atoms with Gasteiger partial charge in [0.25, 0.3) is 0 Å². The predicted molar refractivity (Wildman–Crippen MR) is 85.6 cm³/mol. The zero-order valence-electron chi connectivity index (χ0n) is 14.1. The van der Waals surface area contributed by atoms with Crippen molar-refractivity contribution in [1.82, 2.24) is 4.90 Å². The summed E-state index contributed by atoms with van der Waals surface area (Å²) in [6.07, 6.45) is -2.08. The molecule has 23 heavy (non-hydrogen) atoms. The molecule has 5 heteroatoms. The molecule has 0 aliphatic carbocycles. The minimum absolute atomic E-state index is 0.00873. The van der Waals surface area contributed by atoms with Gasteiger partial charge in [0.05, 0.1) is 11.6 Å². The lowest BCUT2D eigenvalue weighted by molar-refractivity contribution is -0.138. The van der Waals surface area contributed by atoms with Crippen molar-refractivity contribution in [2.75, 3.05) is 13.1 Å². The topological polar surface area (TPSA) is 27.0 Å². The van der Waals surface area contributed by atoms with Gasteiger partial charge in [0, 0.05) is 13.0 Å². The summed E-state index contributed by atoms with van der Waals surface area (Å²) in [5.74, 6) is 0. The van der Waals surface area contributed by atoms with E-state index in [1.807, 2.05) is 18.7 Å². The lowest BCUT2D eigenvalue weighted by Crippen LogP contribution is -2.38. The predicted octanol–water partition coefficient (Wildman–Crippen LogP) is 5.25. The first-order chi connectivity index (χ1) is 10.8. The van der Waals surface area contributed by atoms with Gasteiger partial charge < -0.3 is 0 Å². The van der Waals surface area contributed by atoms with Crippen molar-refractivity contribution in [3.05, 3.63) is 35.4 Å². The number of piperidine rings is 1. The van der Waals surface area contributed by atoms with E-state index in [9.17, 15) is 13.2 Å². The average molecular weight is 326 g/mol. The zero-order chi connectivity index (χ0) is 17.5. The molecule has 1 aromatic rings. The van der Waals surface area contributed by atoms with Gasteiger partial charge in [0.2, 0.25) is 0 Å². The Morgan fingerprint density at radius 1 is 1.17 bits per heavy atom. The van der Waals surface area contributed by atoms with Crippen LogP contribution in [0.2, 0.25) is 0 Å². The van der Waals surface area contributed by atoms with Crippen LogP contribution in [0.25, 0.3) is 0 Å². The second kappa shape index (κ2) is 8.35. The summed E-state index contributed by atoms with van der Waals surface area (Å²) in [5, 5.41) is 8.82. The normalized spacial score (nSPS) is 17.8. The highest BCUT2D eigenvalue weighted by molar-refractivity contribution is 5.29. The van der Waals surface area contributed by atoms with E-state index in [0.29, 0.717) is 18.5 Å². The third-order valence-electron chi connectivity index (χ3n) is 4.29. The molecule has 2 rings (SSSR count). The van der Waals surface area contributed by atoms with Crippen LogP contribution >= 0.6 is 0 Å². The summed E-state index contributed by atoms with van der Waals surface area (Å²) in [6, 6.07) is 7.96. The lowest BCUT2D eigenvalue weighted by Gasteiger charge is -2.38. The molecule has 0 amide bonds. The monoisotopic (exact) mass is 326 g/mol. The van der Waals surface area contributed by atoms with Crippen LogP contribution in [0.5, 0.6) is 0 Å². The van der Waals surface area contributed by atoms with Crippen molar-refractivity contribution in [2.45, 2.75) is 52.8 Å². The number of hydrogen-bond acceptors (Lipinski definition) is 2. The number of likely N-dealkylation sites (tertiary alicyclic amines) is 1. The summed E-state index contributed by atoms with van der Waals surface area (Å²) < 4.78 is 38.9. The third kappa shape index (κ3) is 5.54. The van der Waals surface area contributed by atoms with Crippen LogP contribution in [0.1, 0.15) is 51.2 Å². The minimum atomic E-state index is -4.30. The van der Waals surface area contributed by atoms with Gasteiger partial charge >= 0.3 is 6.18 Å². The van der Waals surface area contributed by atoms with Crippen LogP contribution in [0.3, 0.4) is 0 Å². The Morgan fingerprint density at radius 3 is 2.26 bits per heavy atom. The van der Waals surface area contributed by atoms with Crippen molar-refractivity contribution in [3.8, 4) is 6.07 Å². The first-order valence-electron chi connectivity index (χ1n) is 8.08. The largest absolute Gasteiger partial charge is 0.416 e. The Morgan fingerprint density at radius 2 is 1.74 bits per heavy atom. The van der Waals surface area contributed by atoms with E-state index in [1.54, 1.807) is 12.1 Å². The van der Waals surface area contributed by atoms with Gasteiger partial charge in [0.15, 0.2) is 0 Å². The molecule has 128 valence electrons. The lowest BCUT2D eigenvalue weighted by atomic mass is 9.78. The van der Waals surface area contributed by atoms with Crippen LogP contribution in [-0.4, -0.2) is 18.0 Å². The van der Waals surface area contributed by atoms with Gasteiger partial charge in [-0.2, -0.15) is 18.4 Å². The number of benzene rings is 1. The highest BCUT2D eigenvalue weighted by atomic mass is 19.4. The maximum Gasteiger partial charge on any atom is 0.416 e. The fourth-order valence-corrected chi connectivity index (χ4v) is 2.79. The maximum absolute atomic E-state index is 13.0. The highest BCUT2D eigenvalue weighted by Gasteiger charge is 2.34. The molecule has 1 aliphatic rings. The Kier molecular flexibility index (Phi) is 7.08. The van der Waals surface area contributed by atoms with E-state index in [1.165, 1.54) is 6.07 Å². The summed E-state index contributed by atoms with van der Waals surface area (Å²) in [7, 11) is 0. The molecule has 1 aromatic carbocycles. The van der Waals surface area contributed by atoms with Gasteiger partial charge in [-0.25, -0.2) is 0 Å². The van der Waals surface area contributed by atoms with Crippen LogP contribution in [0.15, 0.2) is 24.3 Å². The van der Waals surface area contributed by atoms with Gasteiger partial charge in [0.1, 0.15) is 0 Å². The van der Waals surface area contributed by atoms with Crippen molar-refractivity contribution < 1.29 is 13.2 Å². The SMILES string of the molecule is CC.CC1(CC#N)CCN(Cc2ccccc2C(F)(F)F)CC1. The molecular weight excluding hydrogens is 301 g/mol. The fraction of sp³-hybridized carbons (Fsp3) is 0.611. The maximum atomic E-state index is 13.0. The Labute approximate surface area is 136 Å². The molecule has 2 nitrogen and oxygen atoms in total. The van der Waals surface area contributed by atoms with Crippen LogP contribution in [-0.2, 0) is 12.7 Å². The Balaban J connectivity index is 0.00000127. The van der Waals surface area contributed by atoms with Gasteiger partial charge in [-0.1, -0.05) is 39.0 Å². The molecule has 0 saturated carbocycles. The zero-order valence-corrected chi connectivity index (χ0v) is 14.1. The van der Waals surface area contributed by atoms with Crippen molar-refractivity contribution >= 4 is 0 Å². The van der Waals surface area contributed by atoms with E-state index in [4.69, 9.17) is 5.26 Å². The number of rotatable bonds is 3. The van der Waals surface area contributed by atoms with E-state index in [2.05, 4.69) is 13.0 Å².